The van der Waals surface area contributed by atoms with Gasteiger partial charge in [0.25, 0.3) is 5.56 Å². The average Bonchev–Trinajstić information content (AvgIpc) is 2.99. The van der Waals surface area contributed by atoms with E-state index >= 15 is 0 Å². The first-order valence-electron chi connectivity index (χ1n) is 7.94. The summed E-state index contributed by atoms with van der Waals surface area (Å²) in [6.45, 7) is 2.20. The van der Waals surface area contributed by atoms with Gasteiger partial charge in [0.05, 0.1) is 6.04 Å². The van der Waals surface area contributed by atoms with Gasteiger partial charge < -0.3 is 5.32 Å². The van der Waals surface area contributed by atoms with Crippen molar-refractivity contribution in [2.24, 2.45) is 0 Å². The largest absolute Gasteiger partial charge is 0.353 e. The molecule has 0 amide bonds. The monoisotopic (exact) mass is 328 g/mol. The molecule has 2 aromatic heterocycles. The van der Waals surface area contributed by atoms with Gasteiger partial charge in [0, 0.05) is 12.3 Å². The van der Waals surface area contributed by atoms with Crippen LogP contribution in [0, 0.1) is 0 Å². The third kappa shape index (κ3) is 3.76. The molecule has 0 bridgehead atoms. The number of unbranched alkanes of at least 4 members (excludes halogenated alkanes) is 2. The molecule has 0 radical (unpaired) electrons. The first-order valence-corrected chi connectivity index (χ1v) is 8.76. The zero-order chi connectivity index (χ0) is 16.1. The molecule has 5 nitrogen and oxygen atoms in total. The lowest BCUT2D eigenvalue weighted by Crippen LogP contribution is -2.14. The predicted octanol–water partition coefficient (Wildman–Crippen LogP) is 3.88. The van der Waals surface area contributed by atoms with Gasteiger partial charge in [-0.2, -0.15) is 4.52 Å². The van der Waals surface area contributed by atoms with Crippen molar-refractivity contribution in [3.63, 3.8) is 0 Å². The van der Waals surface area contributed by atoms with Crippen LogP contribution in [0.5, 0.6) is 0 Å². The topological polar surface area (TPSA) is 59.3 Å². The van der Waals surface area contributed by atoms with Gasteiger partial charge in [0.15, 0.2) is 0 Å². The highest BCUT2D eigenvalue weighted by Crippen LogP contribution is 2.27. The van der Waals surface area contributed by atoms with Crippen molar-refractivity contribution in [1.29, 1.82) is 0 Å². The molecule has 3 aromatic rings. The predicted molar refractivity (Wildman–Crippen MR) is 94.1 cm³/mol. The molecule has 1 N–H and O–H groups in total. The first kappa shape index (κ1) is 15.7. The van der Waals surface area contributed by atoms with Crippen LogP contribution in [0.1, 0.15) is 44.2 Å². The first-order chi connectivity index (χ1) is 11.3. The van der Waals surface area contributed by atoms with E-state index in [0.29, 0.717) is 4.96 Å². The van der Waals surface area contributed by atoms with Crippen LogP contribution in [-0.2, 0) is 0 Å². The maximum absolute atomic E-state index is 11.8. The fourth-order valence-corrected chi connectivity index (χ4v) is 3.38. The van der Waals surface area contributed by atoms with Crippen LogP contribution in [0.4, 0.5) is 5.13 Å². The summed E-state index contributed by atoms with van der Waals surface area (Å²) in [7, 11) is 0. The summed E-state index contributed by atoms with van der Waals surface area (Å²) in [6, 6.07) is 12.0. The van der Waals surface area contributed by atoms with E-state index in [4.69, 9.17) is 0 Å². The second kappa shape index (κ2) is 7.37. The van der Waals surface area contributed by atoms with E-state index in [2.05, 4.69) is 34.5 Å². The summed E-state index contributed by atoms with van der Waals surface area (Å²) in [5, 5.41) is 8.56. The number of aromatic nitrogens is 3. The van der Waals surface area contributed by atoms with E-state index in [1.54, 1.807) is 0 Å². The Balaban J connectivity index is 1.84. The lowest BCUT2D eigenvalue weighted by Gasteiger charge is -2.18. The van der Waals surface area contributed by atoms with Gasteiger partial charge in [0.1, 0.15) is 0 Å². The summed E-state index contributed by atoms with van der Waals surface area (Å²) >= 11 is 1.40. The molecule has 0 saturated heterocycles. The summed E-state index contributed by atoms with van der Waals surface area (Å²) in [6.07, 6.45) is 6.13. The highest BCUT2D eigenvalue weighted by atomic mass is 32.1. The fraction of sp³-hybridized carbons (Fsp3) is 0.353. The Bertz CT molecular complexity index is 812. The van der Waals surface area contributed by atoms with Crippen LogP contribution >= 0.6 is 11.3 Å². The molecule has 2 heterocycles. The number of hydrogen-bond acceptors (Lipinski definition) is 5. The summed E-state index contributed by atoms with van der Waals surface area (Å²) < 4.78 is 1.35. The number of fused-ring (bicyclic) bond motifs is 1. The second-order valence-corrected chi connectivity index (χ2v) is 6.44. The molecule has 0 unspecified atom stereocenters. The SMILES string of the molecule is CCCCC[C@@H](Nc1nn2c(=O)ccnc2s1)c1ccccc1. The molecule has 3 rings (SSSR count). The standard InChI is InChI=1S/C17H20N4OS/c1-2-3-5-10-14(13-8-6-4-7-9-13)19-16-20-21-15(22)11-12-18-17(21)23-16/h4,6-9,11-12,14H,2-3,5,10H2,1H3,(H,19,20)/t14-/m1/s1. The van der Waals surface area contributed by atoms with Gasteiger partial charge in [-0.1, -0.05) is 67.9 Å². The van der Waals surface area contributed by atoms with Gasteiger partial charge in [-0.25, -0.2) is 4.98 Å². The molecule has 120 valence electrons. The maximum atomic E-state index is 11.8. The van der Waals surface area contributed by atoms with Crippen molar-refractivity contribution in [2.75, 3.05) is 5.32 Å². The Morgan fingerprint density at radius 2 is 2.04 bits per heavy atom. The highest BCUT2D eigenvalue weighted by molar-refractivity contribution is 7.20. The third-order valence-corrected chi connectivity index (χ3v) is 4.62. The minimum atomic E-state index is -0.151. The molecule has 0 spiro atoms. The second-order valence-electron chi connectivity index (χ2n) is 5.49. The van der Waals surface area contributed by atoms with Gasteiger partial charge in [-0.3, -0.25) is 4.79 Å². The Morgan fingerprint density at radius 1 is 1.22 bits per heavy atom. The molecule has 1 atom stereocenters. The maximum Gasteiger partial charge on any atom is 0.275 e. The van der Waals surface area contributed by atoms with Gasteiger partial charge >= 0.3 is 0 Å². The van der Waals surface area contributed by atoms with E-state index < -0.39 is 0 Å². The normalized spacial score (nSPS) is 12.4. The minimum Gasteiger partial charge on any atom is -0.353 e. The molecule has 0 aliphatic carbocycles. The molecule has 0 aliphatic heterocycles. The summed E-state index contributed by atoms with van der Waals surface area (Å²) in [4.78, 5) is 16.6. The van der Waals surface area contributed by atoms with Crippen LogP contribution in [0.15, 0.2) is 47.4 Å². The number of rotatable bonds is 7. The summed E-state index contributed by atoms with van der Waals surface area (Å²) in [5.41, 5.74) is 1.09. The van der Waals surface area contributed by atoms with Crippen LogP contribution in [0.2, 0.25) is 0 Å². The number of hydrogen-bond donors (Lipinski definition) is 1. The van der Waals surface area contributed by atoms with Gasteiger partial charge in [-0.05, 0) is 12.0 Å². The van der Waals surface area contributed by atoms with E-state index in [-0.39, 0.29) is 11.6 Å². The Morgan fingerprint density at radius 3 is 2.78 bits per heavy atom. The van der Waals surface area contributed by atoms with Crippen LogP contribution in [-0.4, -0.2) is 14.6 Å². The number of benzene rings is 1. The number of nitrogens with one attached hydrogen (secondary N) is 1. The molecule has 0 fully saturated rings. The summed E-state index contributed by atoms with van der Waals surface area (Å²) in [5.74, 6) is 0. The molecule has 0 aliphatic rings. The van der Waals surface area contributed by atoms with E-state index in [0.717, 1.165) is 18.0 Å². The quantitative estimate of drug-likeness (QED) is 0.669. The Kier molecular flexibility index (Phi) is 5.02. The van der Waals surface area contributed by atoms with Crippen molar-refractivity contribution in [1.82, 2.24) is 14.6 Å². The average molecular weight is 328 g/mol. The third-order valence-electron chi connectivity index (χ3n) is 3.77. The van der Waals surface area contributed by atoms with Gasteiger partial charge in [0.2, 0.25) is 10.1 Å². The Labute approximate surface area is 139 Å². The molecular weight excluding hydrogens is 308 g/mol. The van der Waals surface area contributed by atoms with Crippen LogP contribution < -0.4 is 10.9 Å². The zero-order valence-electron chi connectivity index (χ0n) is 13.1. The molecule has 0 saturated carbocycles. The lowest BCUT2D eigenvalue weighted by atomic mass is 10.0. The van der Waals surface area contributed by atoms with Gasteiger partial charge in [-0.15, -0.1) is 5.10 Å². The molecule has 6 heteroatoms. The van der Waals surface area contributed by atoms with E-state index in [9.17, 15) is 4.79 Å². The van der Waals surface area contributed by atoms with Crippen molar-refractivity contribution in [3.8, 4) is 0 Å². The van der Waals surface area contributed by atoms with Crippen molar-refractivity contribution >= 4 is 21.4 Å². The van der Waals surface area contributed by atoms with Crippen molar-refractivity contribution < 1.29 is 0 Å². The molecule has 1 aromatic carbocycles. The van der Waals surface area contributed by atoms with Crippen LogP contribution in [0.25, 0.3) is 4.96 Å². The zero-order valence-corrected chi connectivity index (χ0v) is 13.9. The fourth-order valence-electron chi connectivity index (χ4n) is 2.56. The number of anilines is 1. The molecular formula is C17H20N4OS. The molecule has 23 heavy (non-hydrogen) atoms. The van der Waals surface area contributed by atoms with E-state index in [1.165, 1.54) is 46.5 Å². The van der Waals surface area contributed by atoms with Crippen LogP contribution in [0.3, 0.4) is 0 Å². The minimum absolute atomic E-state index is 0.151. The van der Waals surface area contributed by atoms with Crippen molar-refractivity contribution in [3.05, 3.63) is 58.5 Å². The number of nitrogens with zero attached hydrogens (tertiary/aromatic N) is 3. The smallest absolute Gasteiger partial charge is 0.275 e. The Hall–Kier alpha value is -2.21. The van der Waals surface area contributed by atoms with Crippen molar-refractivity contribution in [2.45, 2.75) is 38.6 Å². The van der Waals surface area contributed by atoms with E-state index in [1.807, 2.05) is 18.2 Å². The lowest BCUT2D eigenvalue weighted by molar-refractivity contribution is 0.605. The highest BCUT2D eigenvalue weighted by Gasteiger charge is 2.14.